The van der Waals surface area contributed by atoms with E-state index in [1.165, 1.54) is 17.8 Å². The van der Waals surface area contributed by atoms with Gasteiger partial charge in [-0.1, -0.05) is 11.6 Å². The zero-order chi connectivity index (χ0) is 16.5. The highest BCUT2D eigenvalue weighted by atomic mass is 35.5. The highest BCUT2D eigenvalue weighted by molar-refractivity contribution is 8.00. The number of rotatable bonds is 4. The van der Waals surface area contributed by atoms with Crippen LogP contribution < -0.4 is 10.6 Å². The molecule has 1 aromatic rings. The molecule has 1 aliphatic rings. The van der Waals surface area contributed by atoms with E-state index in [-0.39, 0.29) is 11.4 Å². The van der Waals surface area contributed by atoms with Crippen LogP contribution in [0.3, 0.4) is 0 Å². The molecular formula is C13H12ClF3N2O2S. The Kier molecular flexibility index (Phi) is 5.03. The van der Waals surface area contributed by atoms with Crippen LogP contribution in [0.1, 0.15) is 12.0 Å². The standard InChI is InChI=1S/C13H12ClF3N2O2S/c14-7-1-2-9(8(5-7)13(15,16)17)19-11(20)6-10(12(19)21)22-4-3-18/h1-2,5,10H,3-4,6,18H2. The Labute approximate surface area is 133 Å². The summed E-state index contributed by atoms with van der Waals surface area (Å²) in [4.78, 5) is 24.8. The summed E-state index contributed by atoms with van der Waals surface area (Å²) in [5, 5.41) is -0.822. The van der Waals surface area contributed by atoms with Gasteiger partial charge in [0.15, 0.2) is 0 Å². The summed E-state index contributed by atoms with van der Waals surface area (Å²) in [5.41, 5.74) is 3.75. The fourth-order valence-corrected chi connectivity index (χ4v) is 3.23. The number of amides is 2. The predicted molar refractivity (Wildman–Crippen MR) is 78.9 cm³/mol. The van der Waals surface area contributed by atoms with Crippen LogP contribution in [0.15, 0.2) is 18.2 Å². The molecule has 1 fully saturated rings. The number of thioether (sulfide) groups is 1. The molecule has 0 aromatic heterocycles. The van der Waals surface area contributed by atoms with Crippen LogP contribution in [-0.4, -0.2) is 29.4 Å². The maximum Gasteiger partial charge on any atom is 0.418 e. The number of nitrogens with two attached hydrogens (primary N) is 1. The van der Waals surface area contributed by atoms with Gasteiger partial charge in [0.2, 0.25) is 11.8 Å². The molecule has 0 aliphatic carbocycles. The predicted octanol–water partition coefficient (Wildman–Crippen LogP) is 2.68. The summed E-state index contributed by atoms with van der Waals surface area (Å²) >= 11 is 6.76. The smallest absolute Gasteiger partial charge is 0.330 e. The van der Waals surface area contributed by atoms with E-state index in [1.54, 1.807) is 0 Å². The number of hydrogen-bond acceptors (Lipinski definition) is 4. The maximum absolute atomic E-state index is 13.1. The fraction of sp³-hybridized carbons (Fsp3) is 0.385. The SMILES string of the molecule is NCCSC1CC(=O)N(c2ccc(Cl)cc2C(F)(F)F)C1=O. The number of benzene rings is 1. The van der Waals surface area contributed by atoms with Gasteiger partial charge < -0.3 is 5.73 Å². The third kappa shape index (κ3) is 3.39. The number of nitrogens with zero attached hydrogens (tertiary/aromatic N) is 1. The van der Waals surface area contributed by atoms with Gasteiger partial charge in [0.05, 0.1) is 16.5 Å². The normalized spacial score (nSPS) is 19.1. The Morgan fingerprint density at radius 3 is 2.64 bits per heavy atom. The molecule has 1 heterocycles. The first kappa shape index (κ1) is 17.1. The number of imide groups is 1. The molecule has 1 unspecified atom stereocenters. The second-order valence-electron chi connectivity index (χ2n) is 4.58. The Bertz CT molecular complexity index is 609. The quantitative estimate of drug-likeness (QED) is 0.846. The molecule has 0 saturated carbocycles. The minimum absolute atomic E-state index is 0.121. The molecule has 120 valence electrons. The summed E-state index contributed by atoms with van der Waals surface area (Å²) < 4.78 is 39.3. The third-order valence-electron chi connectivity index (χ3n) is 3.05. The van der Waals surface area contributed by atoms with Gasteiger partial charge >= 0.3 is 6.18 Å². The van der Waals surface area contributed by atoms with Crippen molar-refractivity contribution in [1.82, 2.24) is 0 Å². The highest BCUT2D eigenvalue weighted by Crippen LogP contribution is 2.40. The Hall–Kier alpha value is -1.25. The molecule has 2 amide bonds. The van der Waals surface area contributed by atoms with Gasteiger partial charge in [-0.15, -0.1) is 11.8 Å². The number of carbonyl (C=O) groups is 2. The molecule has 1 aliphatic heterocycles. The van der Waals surface area contributed by atoms with Gasteiger partial charge in [-0.3, -0.25) is 9.59 Å². The number of halogens is 4. The largest absolute Gasteiger partial charge is 0.418 e. The van der Waals surface area contributed by atoms with Crippen LogP contribution in [0.5, 0.6) is 0 Å². The third-order valence-corrected chi connectivity index (χ3v) is 4.52. The zero-order valence-corrected chi connectivity index (χ0v) is 12.8. The lowest BCUT2D eigenvalue weighted by Crippen LogP contribution is -2.33. The van der Waals surface area contributed by atoms with Crippen LogP contribution in [0.2, 0.25) is 5.02 Å². The van der Waals surface area contributed by atoms with Gasteiger partial charge in [-0.05, 0) is 18.2 Å². The molecule has 9 heteroatoms. The van der Waals surface area contributed by atoms with Gasteiger partial charge in [0.25, 0.3) is 0 Å². The summed E-state index contributed by atoms with van der Waals surface area (Å²) in [7, 11) is 0. The topological polar surface area (TPSA) is 63.4 Å². The fourth-order valence-electron chi connectivity index (χ4n) is 2.13. The van der Waals surface area contributed by atoms with Crippen molar-refractivity contribution in [1.29, 1.82) is 0 Å². The molecule has 2 rings (SSSR count). The average molecular weight is 353 g/mol. The van der Waals surface area contributed by atoms with Crippen molar-refractivity contribution in [2.24, 2.45) is 5.73 Å². The molecule has 22 heavy (non-hydrogen) atoms. The number of alkyl halides is 3. The lowest BCUT2D eigenvalue weighted by Gasteiger charge is -2.20. The van der Waals surface area contributed by atoms with E-state index >= 15 is 0 Å². The van der Waals surface area contributed by atoms with Gasteiger partial charge in [-0.25, -0.2) is 4.90 Å². The number of hydrogen-bond donors (Lipinski definition) is 1. The Morgan fingerprint density at radius 1 is 1.36 bits per heavy atom. The van der Waals surface area contributed by atoms with E-state index in [0.717, 1.165) is 6.07 Å². The molecule has 2 N–H and O–H groups in total. The van der Waals surface area contributed by atoms with E-state index < -0.39 is 34.5 Å². The van der Waals surface area contributed by atoms with Crippen molar-refractivity contribution in [2.45, 2.75) is 17.8 Å². The minimum Gasteiger partial charge on any atom is -0.330 e. The lowest BCUT2D eigenvalue weighted by molar-refractivity contribution is -0.137. The monoisotopic (exact) mass is 352 g/mol. The second kappa shape index (κ2) is 6.47. The van der Waals surface area contributed by atoms with Crippen molar-refractivity contribution in [3.8, 4) is 0 Å². The van der Waals surface area contributed by atoms with Crippen molar-refractivity contribution >= 4 is 40.9 Å². The molecular weight excluding hydrogens is 341 g/mol. The van der Waals surface area contributed by atoms with Crippen LogP contribution in [0.25, 0.3) is 0 Å². The Balaban J connectivity index is 2.40. The summed E-state index contributed by atoms with van der Waals surface area (Å²) in [6, 6.07) is 2.96. The zero-order valence-electron chi connectivity index (χ0n) is 11.2. The van der Waals surface area contributed by atoms with Crippen molar-refractivity contribution in [2.75, 3.05) is 17.2 Å². The number of anilines is 1. The van der Waals surface area contributed by atoms with Crippen LogP contribution in [0.4, 0.5) is 18.9 Å². The molecule has 1 saturated heterocycles. The second-order valence-corrected chi connectivity index (χ2v) is 6.33. The van der Waals surface area contributed by atoms with Crippen molar-refractivity contribution in [3.63, 3.8) is 0 Å². The molecule has 0 radical (unpaired) electrons. The van der Waals surface area contributed by atoms with E-state index in [2.05, 4.69) is 0 Å². The van der Waals surface area contributed by atoms with E-state index in [0.29, 0.717) is 23.3 Å². The van der Waals surface area contributed by atoms with Crippen LogP contribution in [0, 0.1) is 0 Å². The highest BCUT2D eigenvalue weighted by Gasteiger charge is 2.44. The first-order chi connectivity index (χ1) is 10.3. The maximum atomic E-state index is 13.1. The minimum atomic E-state index is -4.72. The number of carbonyl (C=O) groups excluding carboxylic acids is 2. The van der Waals surface area contributed by atoms with Crippen molar-refractivity contribution < 1.29 is 22.8 Å². The summed E-state index contributed by atoms with van der Waals surface area (Å²) in [5.74, 6) is -0.867. The van der Waals surface area contributed by atoms with Crippen LogP contribution >= 0.6 is 23.4 Å². The van der Waals surface area contributed by atoms with E-state index in [9.17, 15) is 22.8 Å². The molecule has 0 bridgehead atoms. The first-order valence-electron chi connectivity index (χ1n) is 6.31. The molecule has 0 spiro atoms. The first-order valence-corrected chi connectivity index (χ1v) is 7.73. The lowest BCUT2D eigenvalue weighted by atomic mass is 10.1. The van der Waals surface area contributed by atoms with Crippen LogP contribution in [-0.2, 0) is 15.8 Å². The Morgan fingerprint density at radius 2 is 2.05 bits per heavy atom. The molecule has 1 atom stereocenters. The average Bonchev–Trinajstić information content (AvgIpc) is 2.70. The van der Waals surface area contributed by atoms with Crippen molar-refractivity contribution in [3.05, 3.63) is 28.8 Å². The van der Waals surface area contributed by atoms with Gasteiger partial charge in [0, 0.05) is 23.7 Å². The summed E-state index contributed by atoms with van der Waals surface area (Å²) in [6.07, 6.45) is -4.85. The van der Waals surface area contributed by atoms with Gasteiger partial charge in [-0.2, -0.15) is 13.2 Å². The van der Waals surface area contributed by atoms with Gasteiger partial charge in [0.1, 0.15) is 0 Å². The molecule has 1 aromatic carbocycles. The van der Waals surface area contributed by atoms with E-state index in [4.69, 9.17) is 17.3 Å². The molecule has 4 nitrogen and oxygen atoms in total. The summed E-state index contributed by atoms with van der Waals surface area (Å²) in [6.45, 7) is 0.317. The van der Waals surface area contributed by atoms with E-state index in [1.807, 2.05) is 0 Å².